The molecule has 0 aliphatic heterocycles. The molecule has 0 bridgehead atoms. The van der Waals surface area contributed by atoms with E-state index in [9.17, 15) is 0 Å². The Labute approximate surface area is 135 Å². The molecule has 0 aliphatic carbocycles. The zero-order valence-corrected chi connectivity index (χ0v) is 13.7. The van der Waals surface area contributed by atoms with Gasteiger partial charge in [-0.3, -0.25) is 0 Å². The van der Waals surface area contributed by atoms with Crippen LogP contribution >= 0.6 is 23.2 Å². The highest BCUT2D eigenvalue weighted by atomic mass is 35.5. The third-order valence-corrected chi connectivity index (χ3v) is 3.72. The van der Waals surface area contributed by atoms with Gasteiger partial charge in [0.25, 0.3) is 0 Å². The first-order valence-electron chi connectivity index (χ1n) is 6.92. The largest absolute Gasteiger partial charge is 0.491 e. The summed E-state index contributed by atoms with van der Waals surface area (Å²) in [4.78, 5) is 0. The molecule has 2 nitrogen and oxygen atoms in total. The van der Waals surface area contributed by atoms with Gasteiger partial charge in [-0.15, -0.1) is 0 Å². The van der Waals surface area contributed by atoms with Crippen LogP contribution in [-0.4, -0.2) is 6.10 Å². The molecule has 0 aromatic heterocycles. The number of ether oxygens (including phenoxy) is 1. The standard InChI is InChI=1S/C17H19Cl2NO/c1-11(2)21-15-7-4-12(5-8-15)17(20)9-13-3-6-14(18)10-16(13)19/h3-8,10-11,17H,9,20H2,1-2H3. The van der Waals surface area contributed by atoms with Crippen LogP contribution < -0.4 is 10.5 Å². The molecule has 0 heterocycles. The number of hydrogen-bond acceptors (Lipinski definition) is 2. The molecule has 1 unspecified atom stereocenters. The molecule has 0 radical (unpaired) electrons. The molecule has 0 amide bonds. The summed E-state index contributed by atoms with van der Waals surface area (Å²) >= 11 is 12.1. The van der Waals surface area contributed by atoms with Crippen molar-refractivity contribution in [1.29, 1.82) is 0 Å². The molecule has 2 aromatic rings. The molecule has 4 heteroatoms. The van der Waals surface area contributed by atoms with Gasteiger partial charge in [-0.05, 0) is 55.7 Å². The third-order valence-electron chi connectivity index (χ3n) is 3.13. The summed E-state index contributed by atoms with van der Waals surface area (Å²) in [5.41, 5.74) is 8.30. The minimum atomic E-state index is -0.114. The highest BCUT2D eigenvalue weighted by Gasteiger charge is 2.10. The van der Waals surface area contributed by atoms with Gasteiger partial charge < -0.3 is 10.5 Å². The first kappa shape index (κ1) is 16.2. The summed E-state index contributed by atoms with van der Waals surface area (Å²) in [6.07, 6.45) is 0.831. The van der Waals surface area contributed by atoms with Crippen LogP contribution in [0.1, 0.15) is 31.0 Å². The Hall–Kier alpha value is -1.22. The van der Waals surface area contributed by atoms with Crippen LogP contribution in [0.3, 0.4) is 0 Å². The minimum Gasteiger partial charge on any atom is -0.491 e. The number of nitrogens with two attached hydrogens (primary N) is 1. The second kappa shape index (κ2) is 7.17. The highest BCUT2D eigenvalue weighted by Crippen LogP contribution is 2.26. The Bertz CT molecular complexity index is 596. The molecule has 2 N–H and O–H groups in total. The van der Waals surface area contributed by atoms with Crippen molar-refractivity contribution in [3.8, 4) is 5.75 Å². The Morgan fingerprint density at radius 1 is 1.05 bits per heavy atom. The van der Waals surface area contributed by atoms with Crippen LogP contribution in [0.15, 0.2) is 42.5 Å². The zero-order valence-electron chi connectivity index (χ0n) is 12.1. The fourth-order valence-corrected chi connectivity index (χ4v) is 2.59. The quantitative estimate of drug-likeness (QED) is 0.838. The monoisotopic (exact) mass is 323 g/mol. The molecule has 2 aromatic carbocycles. The summed E-state index contributed by atoms with van der Waals surface area (Å²) in [6.45, 7) is 4.00. The maximum atomic E-state index is 6.25. The van der Waals surface area contributed by atoms with Gasteiger partial charge in [-0.1, -0.05) is 41.4 Å². The van der Waals surface area contributed by atoms with Crippen LogP contribution in [0, 0.1) is 0 Å². The van der Waals surface area contributed by atoms with E-state index in [4.69, 9.17) is 33.7 Å². The molecule has 0 saturated heterocycles. The van der Waals surface area contributed by atoms with Gasteiger partial charge in [0, 0.05) is 16.1 Å². The van der Waals surface area contributed by atoms with Crippen molar-refractivity contribution in [2.24, 2.45) is 5.73 Å². The van der Waals surface area contributed by atoms with Gasteiger partial charge in [0.15, 0.2) is 0 Å². The summed E-state index contributed by atoms with van der Waals surface area (Å²) in [5, 5.41) is 1.28. The molecule has 2 rings (SSSR count). The zero-order chi connectivity index (χ0) is 15.4. The van der Waals surface area contributed by atoms with Gasteiger partial charge in [0.05, 0.1) is 6.10 Å². The van der Waals surface area contributed by atoms with Gasteiger partial charge in [0.1, 0.15) is 5.75 Å². The summed E-state index contributed by atoms with van der Waals surface area (Å²) in [5.74, 6) is 0.852. The van der Waals surface area contributed by atoms with E-state index in [1.807, 2.05) is 50.2 Å². The lowest BCUT2D eigenvalue weighted by Crippen LogP contribution is -2.13. The van der Waals surface area contributed by atoms with E-state index < -0.39 is 0 Å². The first-order chi connectivity index (χ1) is 9.95. The van der Waals surface area contributed by atoms with E-state index in [0.717, 1.165) is 16.9 Å². The molecular formula is C17H19Cl2NO. The van der Waals surface area contributed by atoms with E-state index in [2.05, 4.69) is 0 Å². The van der Waals surface area contributed by atoms with E-state index in [-0.39, 0.29) is 12.1 Å². The summed E-state index contributed by atoms with van der Waals surface area (Å²) in [7, 11) is 0. The van der Waals surface area contributed by atoms with Crippen LogP contribution in [0.2, 0.25) is 10.0 Å². The lowest BCUT2D eigenvalue weighted by atomic mass is 9.99. The Morgan fingerprint density at radius 3 is 2.29 bits per heavy atom. The normalized spacial score (nSPS) is 12.5. The van der Waals surface area contributed by atoms with Gasteiger partial charge in [-0.25, -0.2) is 0 Å². The van der Waals surface area contributed by atoms with Crippen molar-refractivity contribution < 1.29 is 4.74 Å². The van der Waals surface area contributed by atoms with Crippen molar-refractivity contribution >= 4 is 23.2 Å². The lowest BCUT2D eigenvalue weighted by Gasteiger charge is -2.15. The fraction of sp³-hybridized carbons (Fsp3) is 0.294. The maximum Gasteiger partial charge on any atom is 0.119 e. The molecular weight excluding hydrogens is 305 g/mol. The van der Waals surface area contributed by atoms with Crippen LogP contribution in [-0.2, 0) is 6.42 Å². The Morgan fingerprint density at radius 2 is 1.71 bits per heavy atom. The first-order valence-corrected chi connectivity index (χ1v) is 7.67. The van der Waals surface area contributed by atoms with E-state index in [0.29, 0.717) is 16.5 Å². The average molecular weight is 324 g/mol. The smallest absolute Gasteiger partial charge is 0.119 e. The van der Waals surface area contributed by atoms with E-state index >= 15 is 0 Å². The predicted molar refractivity (Wildman–Crippen MR) is 89.3 cm³/mol. The number of benzene rings is 2. The average Bonchev–Trinajstić information content (AvgIpc) is 2.42. The van der Waals surface area contributed by atoms with Crippen molar-refractivity contribution in [3.63, 3.8) is 0 Å². The number of rotatable bonds is 5. The number of halogens is 2. The van der Waals surface area contributed by atoms with Crippen molar-refractivity contribution in [2.75, 3.05) is 0 Å². The van der Waals surface area contributed by atoms with Gasteiger partial charge >= 0.3 is 0 Å². The topological polar surface area (TPSA) is 35.2 Å². The van der Waals surface area contributed by atoms with E-state index in [1.54, 1.807) is 6.07 Å². The Kier molecular flexibility index (Phi) is 5.51. The Balaban J connectivity index is 2.07. The highest BCUT2D eigenvalue weighted by molar-refractivity contribution is 6.35. The molecule has 0 spiro atoms. The summed E-state index contributed by atoms with van der Waals surface area (Å²) in [6, 6.07) is 13.2. The van der Waals surface area contributed by atoms with Crippen molar-refractivity contribution in [1.82, 2.24) is 0 Å². The lowest BCUT2D eigenvalue weighted by molar-refractivity contribution is 0.242. The molecule has 0 saturated carbocycles. The predicted octanol–water partition coefficient (Wildman–Crippen LogP) is 5.02. The van der Waals surface area contributed by atoms with Crippen LogP contribution in [0.4, 0.5) is 0 Å². The second-order valence-corrected chi connectivity index (χ2v) is 6.13. The number of hydrogen-bond donors (Lipinski definition) is 1. The fourth-order valence-electron chi connectivity index (χ4n) is 2.11. The van der Waals surface area contributed by atoms with Crippen LogP contribution in [0.25, 0.3) is 0 Å². The van der Waals surface area contributed by atoms with Crippen molar-refractivity contribution in [2.45, 2.75) is 32.4 Å². The second-order valence-electron chi connectivity index (χ2n) is 5.28. The minimum absolute atomic E-state index is 0.114. The van der Waals surface area contributed by atoms with Gasteiger partial charge in [0.2, 0.25) is 0 Å². The molecule has 0 fully saturated rings. The van der Waals surface area contributed by atoms with E-state index in [1.165, 1.54) is 0 Å². The maximum absolute atomic E-state index is 6.25. The SMILES string of the molecule is CC(C)Oc1ccc(C(N)Cc2ccc(Cl)cc2Cl)cc1. The summed E-state index contributed by atoms with van der Waals surface area (Å²) < 4.78 is 5.62. The molecule has 21 heavy (non-hydrogen) atoms. The molecule has 112 valence electrons. The van der Waals surface area contributed by atoms with Crippen molar-refractivity contribution in [3.05, 3.63) is 63.6 Å². The molecule has 1 atom stereocenters. The third kappa shape index (κ3) is 4.63. The van der Waals surface area contributed by atoms with Gasteiger partial charge in [-0.2, -0.15) is 0 Å². The molecule has 0 aliphatic rings. The van der Waals surface area contributed by atoms with Crippen LogP contribution in [0.5, 0.6) is 5.75 Å².